The minimum absolute atomic E-state index is 0.846. The second-order valence-electron chi connectivity index (χ2n) is 12.4. The van der Waals surface area contributed by atoms with Crippen molar-refractivity contribution >= 4 is 99.5 Å². The van der Waals surface area contributed by atoms with Gasteiger partial charge in [-0.3, -0.25) is 29.9 Å². The van der Waals surface area contributed by atoms with Crippen molar-refractivity contribution in [3.8, 4) is 0 Å². The zero-order valence-electron chi connectivity index (χ0n) is 27.0. The zero-order chi connectivity index (χ0) is 33.7. The van der Waals surface area contributed by atoms with Gasteiger partial charge < -0.3 is 16.0 Å². The molecule has 0 radical (unpaired) electrons. The lowest BCUT2D eigenvalue weighted by atomic mass is 10.1. The number of nitrogens with one attached hydrogen (secondary N) is 3. The van der Waals surface area contributed by atoms with Gasteiger partial charge in [-0.25, -0.2) is 0 Å². The summed E-state index contributed by atoms with van der Waals surface area (Å²) in [4.78, 5) is 28.1. The van der Waals surface area contributed by atoms with Gasteiger partial charge in [-0.05, 0) is 91.0 Å². The van der Waals surface area contributed by atoms with E-state index < -0.39 is 0 Å². The quantitative estimate of drug-likeness (QED) is 0.150. The van der Waals surface area contributed by atoms with E-state index in [4.69, 9.17) is 15.0 Å². The molecule has 10 aromatic rings. The van der Waals surface area contributed by atoms with E-state index in [0.29, 0.717) is 0 Å². The number of rotatable bonds is 6. The Morgan fingerprint density at radius 3 is 0.882 bits per heavy atom. The molecule has 51 heavy (non-hydrogen) atoms. The Hall–Kier alpha value is -7.26. The summed E-state index contributed by atoms with van der Waals surface area (Å²) in [6.07, 6.45) is 10.8. The summed E-state index contributed by atoms with van der Waals surface area (Å²) in [6.45, 7) is 0. The fraction of sp³-hybridized carbons (Fsp3) is 0. The Kier molecular flexibility index (Phi) is 6.60. The molecule has 0 bridgehead atoms. The molecule has 9 nitrogen and oxygen atoms in total. The first kappa shape index (κ1) is 28.7. The van der Waals surface area contributed by atoms with Crippen LogP contribution in [0, 0.1) is 0 Å². The van der Waals surface area contributed by atoms with Crippen molar-refractivity contribution in [3.05, 3.63) is 146 Å². The Labute approximate surface area is 291 Å². The molecule has 0 aliphatic heterocycles. The van der Waals surface area contributed by atoms with E-state index in [0.717, 1.165) is 99.5 Å². The molecule has 0 unspecified atom stereocenters. The molecule has 4 aromatic carbocycles. The molecule has 0 spiro atoms. The van der Waals surface area contributed by atoms with Crippen molar-refractivity contribution in [1.29, 1.82) is 0 Å². The van der Waals surface area contributed by atoms with Gasteiger partial charge in [0, 0.05) is 104 Å². The molecule has 9 heteroatoms. The summed E-state index contributed by atoms with van der Waals surface area (Å²) < 4.78 is 0. The summed E-state index contributed by atoms with van der Waals surface area (Å²) in [7, 11) is 0. The van der Waals surface area contributed by atoms with Gasteiger partial charge in [0.15, 0.2) is 0 Å². The highest BCUT2D eigenvalue weighted by Crippen LogP contribution is 2.38. The van der Waals surface area contributed by atoms with Crippen molar-refractivity contribution in [2.45, 2.75) is 0 Å². The van der Waals surface area contributed by atoms with Crippen molar-refractivity contribution in [2.24, 2.45) is 0 Å². The Balaban J connectivity index is 1.14. The number of aromatic nitrogens is 6. The average Bonchev–Trinajstić information content (AvgIpc) is 3.18. The van der Waals surface area contributed by atoms with Crippen LogP contribution in [0.2, 0.25) is 0 Å². The van der Waals surface area contributed by atoms with Crippen molar-refractivity contribution in [2.75, 3.05) is 16.0 Å². The third-order valence-corrected chi connectivity index (χ3v) is 9.15. The smallest absolute Gasteiger partial charge is 0.0985 e. The van der Waals surface area contributed by atoms with Crippen LogP contribution in [0.3, 0.4) is 0 Å². The highest BCUT2D eigenvalue weighted by atomic mass is 14.9. The van der Waals surface area contributed by atoms with E-state index in [9.17, 15) is 0 Å². The highest BCUT2D eigenvalue weighted by Gasteiger charge is 2.14. The monoisotopic (exact) mass is 657 g/mol. The second kappa shape index (κ2) is 11.7. The first-order valence-corrected chi connectivity index (χ1v) is 16.6. The highest BCUT2D eigenvalue weighted by molar-refractivity contribution is 6.12. The van der Waals surface area contributed by atoms with E-state index in [1.165, 1.54) is 0 Å². The molecule has 3 N–H and O–H groups in total. The normalized spacial score (nSPS) is 11.5. The summed E-state index contributed by atoms with van der Waals surface area (Å²) in [5.41, 5.74) is 10.6. The number of pyridine rings is 6. The fourth-order valence-electron chi connectivity index (χ4n) is 6.95. The topological polar surface area (TPSA) is 113 Å². The van der Waals surface area contributed by atoms with E-state index in [1.807, 2.05) is 55.0 Å². The van der Waals surface area contributed by atoms with Gasteiger partial charge in [0.05, 0.1) is 33.1 Å². The first-order valence-electron chi connectivity index (χ1n) is 16.6. The van der Waals surface area contributed by atoms with Gasteiger partial charge in [0.2, 0.25) is 0 Å². The summed E-state index contributed by atoms with van der Waals surface area (Å²) in [5, 5.41) is 17.2. The molecule has 0 saturated carbocycles. The van der Waals surface area contributed by atoms with Crippen LogP contribution in [0.1, 0.15) is 0 Å². The molecule has 240 valence electrons. The fourth-order valence-corrected chi connectivity index (χ4v) is 6.95. The maximum atomic E-state index is 4.72. The molecule has 0 fully saturated rings. The molecule has 10 rings (SSSR count). The predicted molar refractivity (Wildman–Crippen MR) is 207 cm³/mol. The van der Waals surface area contributed by atoms with Gasteiger partial charge in [-0.15, -0.1) is 0 Å². The lowest BCUT2D eigenvalue weighted by Gasteiger charge is -2.18. The molecule has 6 heterocycles. The van der Waals surface area contributed by atoms with Crippen LogP contribution in [0.4, 0.5) is 34.1 Å². The largest absolute Gasteiger partial charge is 0.355 e. The van der Waals surface area contributed by atoms with Gasteiger partial charge in [-0.1, -0.05) is 18.2 Å². The SMILES string of the molecule is c1cnc2c(c1)cc(Nc1cc(Nc3cc4cccnc4c4ncccc34)cc(Nc3cc4cccnc4c4ncccc34)c1)c1cccnc12. The van der Waals surface area contributed by atoms with Crippen LogP contribution >= 0.6 is 0 Å². The van der Waals surface area contributed by atoms with Crippen LogP contribution in [0.25, 0.3) is 65.4 Å². The number of hydrogen-bond acceptors (Lipinski definition) is 9. The molecule has 0 aliphatic carbocycles. The van der Waals surface area contributed by atoms with E-state index in [-0.39, 0.29) is 0 Å². The minimum atomic E-state index is 0.846. The lowest BCUT2D eigenvalue weighted by molar-refractivity contribution is 1.37. The van der Waals surface area contributed by atoms with Crippen LogP contribution in [-0.2, 0) is 0 Å². The van der Waals surface area contributed by atoms with Crippen molar-refractivity contribution in [3.63, 3.8) is 0 Å². The third-order valence-electron chi connectivity index (χ3n) is 9.15. The number of nitrogens with zero attached hydrogens (tertiary/aromatic N) is 6. The Morgan fingerprint density at radius 2 is 0.569 bits per heavy atom. The van der Waals surface area contributed by atoms with Gasteiger partial charge >= 0.3 is 0 Å². The maximum absolute atomic E-state index is 4.72. The number of fused-ring (bicyclic) bond motifs is 9. The zero-order valence-corrected chi connectivity index (χ0v) is 27.0. The maximum Gasteiger partial charge on any atom is 0.0985 e. The molecular weight excluding hydrogens is 631 g/mol. The number of anilines is 6. The van der Waals surface area contributed by atoms with Crippen LogP contribution in [0.5, 0.6) is 0 Å². The Morgan fingerprint density at radius 1 is 0.294 bits per heavy atom. The van der Waals surface area contributed by atoms with Crippen molar-refractivity contribution in [1.82, 2.24) is 29.9 Å². The molecule has 0 saturated heterocycles. The van der Waals surface area contributed by atoms with Crippen LogP contribution in [0.15, 0.2) is 146 Å². The third kappa shape index (κ3) is 5.03. The minimum Gasteiger partial charge on any atom is -0.355 e. The van der Waals surface area contributed by atoms with Crippen LogP contribution in [-0.4, -0.2) is 29.9 Å². The number of hydrogen-bond donors (Lipinski definition) is 3. The van der Waals surface area contributed by atoms with Gasteiger partial charge in [0.1, 0.15) is 0 Å². The van der Waals surface area contributed by atoms with Gasteiger partial charge in [-0.2, -0.15) is 0 Å². The molecule has 0 aliphatic rings. The number of benzene rings is 4. The average molecular weight is 658 g/mol. The van der Waals surface area contributed by atoms with E-state index in [2.05, 4.69) is 104 Å². The van der Waals surface area contributed by atoms with Crippen molar-refractivity contribution < 1.29 is 0 Å². The first-order chi connectivity index (χ1) is 25.2. The molecule has 0 atom stereocenters. The van der Waals surface area contributed by atoms with Crippen LogP contribution < -0.4 is 16.0 Å². The van der Waals surface area contributed by atoms with Gasteiger partial charge in [0.25, 0.3) is 0 Å². The molecule has 0 amide bonds. The molecule has 6 aromatic heterocycles. The summed E-state index contributed by atoms with van der Waals surface area (Å²) in [5.74, 6) is 0. The summed E-state index contributed by atoms with van der Waals surface area (Å²) in [6, 6.07) is 36.8. The second-order valence-corrected chi connectivity index (χ2v) is 12.4. The van der Waals surface area contributed by atoms with E-state index >= 15 is 0 Å². The Bertz CT molecular complexity index is 2650. The lowest BCUT2D eigenvalue weighted by Crippen LogP contribution is -2.00. The van der Waals surface area contributed by atoms with E-state index in [1.54, 1.807) is 18.6 Å². The summed E-state index contributed by atoms with van der Waals surface area (Å²) >= 11 is 0. The standard InChI is InChI=1S/C42H27N9/c1-7-25-19-34(31-10-4-16-46-40(31)37(25)43-13-1)49-28-22-29(50-35-20-26-8-2-14-44-38(26)41-32(35)11-5-17-47-41)24-30(23-28)51-36-21-27-9-3-15-45-39(27)42-33(36)12-6-18-48-42/h1-24,49-51H. The predicted octanol–water partition coefficient (Wildman–Crippen LogP) is 10.2. The molecular formula is C42H27N9.